The summed E-state index contributed by atoms with van der Waals surface area (Å²) in [5.41, 5.74) is 3.34. The van der Waals surface area contributed by atoms with Crippen LogP contribution >= 0.6 is 0 Å². The number of amides is 1. The van der Waals surface area contributed by atoms with Gasteiger partial charge in [0.1, 0.15) is 0 Å². The van der Waals surface area contributed by atoms with Crippen molar-refractivity contribution < 1.29 is 9.59 Å². The van der Waals surface area contributed by atoms with Gasteiger partial charge in [-0.05, 0) is 36.6 Å². The first-order valence-electron chi connectivity index (χ1n) is 6.29. The van der Waals surface area contributed by atoms with Crippen LogP contribution in [0.15, 0.2) is 30.0 Å². The summed E-state index contributed by atoms with van der Waals surface area (Å²) in [5, 5.41) is 2.74. The molecule has 19 heavy (non-hydrogen) atoms. The van der Waals surface area contributed by atoms with Crippen LogP contribution in [0.4, 0.5) is 5.69 Å². The Labute approximate surface area is 113 Å². The van der Waals surface area contributed by atoms with E-state index >= 15 is 0 Å². The molecule has 1 amide bonds. The molecule has 0 spiro atoms. The average molecular weight is 258 g/mol. The highest BCUT2D eigenvalue weighted by molar-refractivity contribution is 6.11. The highest BCUT2D eigenvalue weighted by Crippen LogP contribution is 2.27. The molecule has 0 atom stereocenters. The number of hydrogen-bond donors (Lipinski definition) is 1. The van der Waals surface area contributed by atoms with Crippen molar-refractivity contribution >= 4 is 17.4 Å². The third-order valence-corrected chi connectivity index (χ3v) is 3.04. The quantitative estimate of drug-likeness (QED) is 0.827. The number of ketones is 1. The Hall–Kier alpha value is -2.10. The maximum Gasteiger partial charge on any atom is 0.221 e. The Bertz CT molecular complexity index is 559. The van der Waals surface area contributed by atoms with Crippen molar-refractivity contribution in [1.82, 2.24) is 4.90 Å². The monoisotopic (exact) mass is 258 g/mol. The van der Waals surface area contributed by atoms with Gasteiger partial charge in [0.15, 0.2) is 5.78 Å². The van der Waals surface area contributed by atoms with Crippen LogP contribution in [-0.4, -0.2) is 30.7 Å². The van der Waals surface area contributed by atoms with E-state index in [0.29, 0.717) is 0 Å². The van der Waals surface area contributed by atoms with E-state index in [1.165, 1.54) is 6.92 Å². The van der Waals surface area contributed by atoms with Gasteiger partial charge in [0.05, 0.1) is 0 Å². The minimum absolute atomic E-state index is 0.0873. The van der Waals surface area contributed by atoms with Gasteiger partial charge < -0.3 is 10.2 Å². The number of Topliss-reactive ketones (excluding diaryl/α,β-unsaturated/α-hetero) is 1. The molecule has 0 bridgehead atoms. The van der Waals surface area contributed by atoms with Gasteiger partial charge in [0.25, 0.3) is 0 Å². The number of benzene rings is 1. The normalized spacial score (nSPS) is 16.2. The molecule has 0 aliphatic heterocycles. The topological polar surface area (TPSA) is 49.4 Å². The molecule has 0 fully saturated rings. The lowest BCUT2D eigenvalue weighted by Crippen LogP contribution is -2.17. The largest absolute Gasteiger partial charge is 0.383 e. The summed E-state index contributed by atoms with van der Waals surface area (Å²) in [4.78, 5) is 25.2. The van der Waals surface area contributed by atoms with E-state index in [2.05, 4.69) is 5.32 Å². The van der Waals surface area contributed by atoms with Crippen molar-refractivity contribution in [2.75, 3.05) is 19.4 Å². The molecule has 100 valence electrons. The molecular formula is C15H18N2O2. The first-order chi connectivity index (χ1) is 8.97. The fourth-order valence-corrected chi connectivity index (χ4v) is 2.29. The minimum Gasteiger partial charge on any atom is -0.383 e. The van der Waals surface area contributed by atoms with E-state index in [4.69, 9.17) is 0 Å². The SMILES string of the molecule is CC(=O)Nc1ccc2c(c1)CC/C(=C\N(C)C)C2=O. The van der Waals surface area contributed by atoms with Gasteiger partial charge in [-0.25, -0.2) is 0 Å². The highest BCUT2D eigenvalue weighted by atomic mass is 16.1. The molecule has 0 saturated heterocycles. The van der Waals surface area contributed by atoms with Gasteiger partial charge >= 0.3 is 0 Å². The first-order valence-corrected chi connectivity index (χ1v) is 6.29. The Morgan fingerprint density at radius 2 is 2.05 bits per heavy atom. The number of allylic oxidation sites excluding steroid dienone is 1. The number of carbonyl (C=O) groups excluding carboxylic acids is 2. The number of nitrogens with one attached hydrogen (secondary N) is 1. The number of anilines is 1. The molecule has 0 radical (unpaired) electrons. The van der Waals surface area contributed by atoms with Gasteiger partial charge in [-0.15, -0.1) is 0 Å². The number of aryl methyl sites for hydroxylation is 1. The minimum atomic E-state index is -0.102. The predicted octanol–water partition coefficient (Wildman–Crippen LogP) is 2.22. The zero-order chi connectivity index (χ0) is 14.0. The van der Waals surface area contributed by atoms with E-state index in [1.807, 2.05) is 31.3 Å². The highest BCUT2D eigenvalue weighted by Gasteiger charge is 2.22. The van der Waals surface area contributed by atoms with E-state index < -0.39 is 0 Å². The first kappa shape index (κ1) is 13.3. The Morgan fingerprint density at radius 1 is 1.32 bits per heavy atom. The molecule has 1 aromatic rings. The van der Waals surface area contributed by atoms with Gasteiger partial charge in [-0.1, -0.05) is 0 Å². The number of rotatable bonds is 2. The maximum atomic E-state index is 12.3. The molecule has 1 aliphatic rings. The molecule has 1 aliphatic carbocycles. The van der Waals surface area contributed by atoms with Crippen molar-refractivity contribution in [3.05, 3.63) is 41.1 Å². The molecule has 1 aromatic carbocycles. The van der Waals surface area contributed by atoms with Crippen molar-refractivity contribution in [2.45, 2.75) is 19.8 Å². The molecule has 0 unspecified atom stereocenters. The van der Waals surface area contributed by atoms with Gasteiger partial charge in [0, 0.05) is 44.0 Å². The number of nitrogens with zero attached hydrogens (tertiary/aromatic N) is 1. The van der Waals surface area contributed by atoms with E-state index in [-0.39, 0.29) is 11.7 Å². The second kappa shape index (κ2) is 5.26. The van der Waals surface area contributed by atoms with Crippen LogP contribution in [0, 0.1) is 0 Å². The molecule has 4 nitrogen and oxygen atoms in total. The van der Waals surface area contributed by atoms with Crippen LogP contribution < -0.4 is 5.32 Å². The number of fused-ring (bicyclic) bond motifs is 1. The predicted molar refractivity (Wildman–Crippen MR) is 75.2 cm³/mol. The fourth-order valence-electron chi connectivity index (χ4n) is 2.29. The maximum absolute atomic E-state index is 12.3. The summed E-state index contributed by atoms with van der Waals surface area (Å²) in [6.45, 7) is 1.47. The Balaban J connectivity index is 2.31. The summed E-state index contributed by atoms with van der Waals surface area (Å²) < 4.78 is 0. The van der Waals surface area contributed by atoms with Crippen molar-refractivity contribution in [3.8, 4) is 0 Å². The average Bonchev–Trinajstić information content (AvgIpc) is 2.31. The lowest BCUT2D eigenvalue weighted by Gasteiger charge is -2.20. The van der Waals surface area contributed by atoms with E-state index in [0.717, 1.165) is 35.2 Å². The number of carbonyl (C=O) groups is 2. The third kappa shape index (κ3) is 3.02. The third-order valence-electron chi connectivity index (χ3n) is 3.04. The molecule has 0 heterocycles. The smallest absolute Gasteiger partial charge is 0.221 e. The van der Waals surface area contributed by atoms with Gasteiger partial charge in [-0.3, -0.25) is 9.59 Å². The second-order valence-electron chi connectivity index (χ2n) is 5.00. The molecule has 2 rings (SSSR count). The molecule has 1 N–H and O–H groups in total. The van der Waals surface area contributed by atoms with Crippen LogP contribution in [-0.2, 0) is 11.2 Å². The van der Waals surface area contributed by atoms with Gasteiger partial charge in [-0.2, -0.15) is 0 Å². The summed E-state index contributed by atoms with van der Waals surface area (Å²) in [6, 6.07) is 5.46. The molecule has 4 heteroatoms. The Morgan fingerprint density at radius 3 is 2.68 bits per heavy atom. The lowest BCUT2D eigenvalue weighted by atomic mass is 9.87. The van der Waals surface area contributed by atoms with Crippen molar-refractivity contribution in [2.24, 2.45) is 0 Å². The Kier molecular flexibility index (Phi) is 3.69. The summed E-state index contributed by atoms with van der Waals surface area (Å²) in [6.07, 6.45) is 3.45. The van der Waals surface area contributed by atoms with E-state index in [1.54, 1.807) is 12.1 Å². The van der Waals surface area contributed by atoms with E-state index in [9.17, 15) is 9.59 Å². The van der Waals surface area contributed by atoms with Gasteiger partial charge in [0.2, 0.25) is 5.91 Å². The summed E-state index contributed by atoms with van der Waals surface area (Å²) in [5.74, 6) is -0.0143. The van der Waals surface area contributed by atoms with Crippen LogP contribution in [0.1, 0.15) is 29.3 Å². The number of hydrogen-bond acceptors (Lipinski definition) is 3. The second-order valence-corrected chi connectivity index (χ2v) is 5.00. The summed E-state index contributed by atoms with van der Waals surface area (Å²) >= 11 is 0. The van der Waals surface area contributed by atoms with Crippen LogP contribution in [0.25, 0.3) is 0 Å². The van der Waals surface area contributed by atoms with Crippen LogP contribution in [0.3, 0.4) is 0 Å². The molecular weight excluding hydrogens is 240 g/mol. The molecule has 0 saturated carbocycles. The standard InChI is InChI=1S/C15H18N2O2/c1-10(18)16-13-6-7-14-11(8-13)4-5-12(15(14)19)9-17(2)3/h6-9H,4-5H2,1-3H3,(H,16,18)/b12-9+. The fraction of sp³-hybridized carbons (Fsp3) is 0.333. The van der Waals surface area contributed by atoms with Crippen LogP contribution in [0.2, 0.25) is 0 Å². The van der Waals surface area contributed by atoms with Crippen molar-refractivity contribution in [1.29, 1.82) is 0 Å². The molecule has 0 aromatic heterocycles. The zero-order valence-electron chi connectivity index (χ0n) is 11.5. The summed E-state index contributed by atoms with van der Waals surface area (Å²) in [7, 11) is 3.82. The zero-order valence-corrected chi connectivity index (χ0v) is 11.5. The van der Waals surface area contributed by atoms with Crippen LogP contribution in [0.5, 0.6) is 0 Å². The van der Waals surface area contributed by atoms with Crippen molar-refractivity contribution in [3.63, 3.8) is 0 Å². The lowest BCUT2D eigenvalue weighted by molar-refractivity contribution is -0.114.